The minimum absolute atomic E-state index is 0.183. The number of aryl methyl sites for hydroxylation is 1. The van der Waals surface area contributed by atoms with E-state index < -0.39 is 0 Å². The summed E-state index contributed by atoms with van der Waals surface area (Å²) in [6.45, 7) is 5.49. The van der Waals surface area contributed by atoms with Crippen LogP contribution in [0.2, 0.25) is 0 Å². The Bertz CT molecular complexity index is 581. The molecule has 1 saturated heterocycles. The van der Waals surface area contributed by atoms with Gasteiger partial charge in [-0.15, -0.1) is 5.10 Å². The van der Waals surface area contributed by atoms with Crippen LogP contribution in [0, 0.1) is 6.92 Å². The van der Waals surface area contributed by atoms with Gasteiger partial charge in [-0.05, 0) is 54.5 Å². The molecule has 1 aliphatic heterocycles. The van der Waals surface area contributed by atoms with Crippen molar-refractivity contribution in [1.29, 1.82) is 0 Å². The second-order valence-corrected chi connectivity index (χ2v) is 5.35. The minimum atomic E-state index is -0.183. The monoisotopic (exact) mass is 259 g/mol. The van der Waals surface area contributed by atoms with E-state index in [4.69, 9.17) is 10.5 Å². The number of tetrazole rings is 1. The third-order valence-corrected chi connectivity index (χ3v) is 3.54. The number of nitrogen functional groups attached to an aromatic ring is 1. The van der Waals surface area contributed by atoms with Crippen LogP contribution in [0.5, 0.6) is 0 Å². The van der Waals surface area contributed by atoms with Gasteiger partial charge in [-0.2, -0.15) is 0 Å². The normalized spacial score (nSPS) is 22.8. The van der Waals surface area contributed by atoms with Crippen molar-refractivity contribution in [2.45, 2.75) is 25.8 Å². The maximum Gasteiger partial charge on any atom is 0.182 e. The molecule has 0 bridgehead atoms. The lowest BCUT2D eigenvalue weighted by Gasteiger charge is -2.23. The zero-order chi connectivity index (χ0) is 13.5. The SMILES string of the molecule is Cc1cc(N)cc(-c2nnnn2C2(C)CCOC2)c1. The number of nitrogens with two attached hydrogens (primary N) is 1. The van der Waals surface area contributed by atoms with Gasteiger partial charge in [-0.1, -0.05) is 0 Å². The summed E-state index contributed by atoms with van der Waals surface area (Å²) < 4.78 is 7.34. The highest BCUT2D eigenvalue weighted by atomic mass is 16.5. The standard InChI is InChI=1S/C13H17N5O/c1-9-5-10(7-11(14)6-9)12-15-16-17-18(12)13(2)3-4-19-8-13/h5-7H,3-4,8,14H2,1-2H3. The average Bonchev–Trinajstić information content (AvgIpc) is 2.96. The Kier molecular flexibility index (Phi) is 2.74. The Morgan fingerprint density at radius 2 is 2.21 bits per heavy atom. The van der Waals surface area contributed by atoms with Crippen LogP contribution in [0.4, 0.5) is 5.69 Å². The average molecular weight is 259 g/mol. The summed E-state index contributed by atoms with van der Waals surface area (Å²) in [5, 5.41) is 12.1. The van der Waals surface area contributed by atoms with Crippen molar-refractivity contribution in [3.05, 3.63) is 23.8 Å². The maximum atomic E-state index is 5.90. The van der Waals surface area contributed by atoms with E-state index in [1.165, 1.54) is 0 Å². The Hall–Kier alpha value is -1.95. The third kappa shape index (κ3) is 2.08. The molecule has 100 valence electrons. The smallest absolute Gasteiger partial charge is 0.182 e. The molecule has 0 spiro atoms. The van der Waals surface area contributed by atoms with E-state index in [1.54, 1.807) is 0 Å². The topological polar surface area (TPSA) is 78.9 Å². The first kappa shape index (κ1) is 12.1. The first-order valence-corrected chi connectivity index (χ1v) is 6.33. The molecule has 1 aromatic carbocycles. The van der Waals surface area contributed by atoms with Gasteiger partial charge in [0.25, 0.3) is 0 Å². The summed E-state index contributed by atoms with van der Waals surface area (Å²) in [4.78, 5) is 0. The Balaban J connectivity index is 2.09. The van der Waals surface area contributed by atoms with E-state index in [0.717, 1.165) is 35.7 Å². The fraction of sp³-hybridized carbons (Fsp3) is 0.462. The van der Waals surface area contributed by atoms with Gasteiger partial charge in [0.2, 0.25) is 0 Å². The molecule has 1 aliphatic rings. The summed E-state index contributed by atoms with van der Waals surface area (Å²) in [5.41, 5.74) is 8.47. The molecule has 1 unspecified atom stereocenters. The van der Waals surface area contributed by atoms with Gasteiger partial charge in [0.1, 0.15) is 0 Å². The number of hydrogen-bond acceptors (Lipinski definition) is 5. The molecule has 19 heavy (non-hydrogen) atoms. The number of ether oxygens (including phenoxy) is 1. The lowest BCUT2D eigenvalue weighted by Crippen LogP contribution is -2.32. The van der Waals surface area contributed by atoms with Crippen molar-refractivity contribution in [2.24, 2.45) is 0 Å². The molecule has 0 aliphatic carbocycles. The molecule has 0 amide bonds. The van der Waals surface area contributed by atoms with Crippen molar-refractivity contribution >= 4 is 5.69 Å². The van der Waals surface area contributed by atoms with Gasteiger partial charge < -0.3 is 10.5 Å². The Morgan fingerprint density at radius 1 is 1.37 bits per heavy atom. The highest BCUT2D eigenvalue weighted by Gasteiger charge is 2.35. The second-order valence-electron chi connectivity index (χ2n) is 5.35. The molecule has 2 aromatic rings. The van der Waals surface area contributed by atoms with Crippen LogP contribution in [-0.2, 0) is 10.3 Å². The molecular formula is C13H17N5O. The predicted molar refractivity (Wildman–Crippen MR) is 71.5 cm³/mol. The molecule has 1 aromatic heterocycles. The number of hydrogen-bond donors (Lipinski definition) is 1. The number of rotatable bonds is 2. The molecule has 1 fully saturated rings. The van der Waals surface area contributed by atoms with Gasteiger partial charge in [0, 0.05) is 17.9 Å². The summed E-state index contributed by atoms with van der Waals surface area (Å²) in [6, 6.07) is 5.87. The van der Waals surface area contributed by atoms with E-state index in [9.17, 15) is 0 Å². The van der Waals surface area contributed by atoms with E-state index in [-0.39, 0.29) is 5.54 Å². The van der Waals surface area contributed by atoms with Crippen molar-refractivity contribution in [2.75, 3.05) is 18.9 Å². The van der Waals surface area contributed by atoms with Crippen LogP contribution in [0.1, 0.15) is 18.9 Å². The van der Waals surface area contributed by atoms with E-state index in [2.05, 4.69) is 22.4 Å². The van der Waals surface area contributed by atoms with Gasteiger partial charge in [0.05, 0.1) is 12.1 Å². The van der Waals surface area contributed by atoms with Gasteiger partial charge in [-0.25, -0.2) is 4.68 Å². The third-order valence-electron chi connectivity index (χ3n) is 3.54. The van der Waals surface area contributed by atoms with Gasteiger partial charge >= 0.3 is 0 Å². The van der Waals surface area contributed by atoms with E-state index >= 15 is 0 Å². The number of anilines is 1. The molecule has 0 radical (unpaired) electrons. The summed E-state index contributed by atoms with van der Waals surface area (Å²) in [7, 11) is 0. The first-order chi connectivity index (χ1) is 9.08. The lowest BCUT2D eigenvalue weighted by atomic mass is 10.0. The zero-order valence-electron chi connectivity index (χ0n) is 11.1. The molecule has 6 heteroatoms. The fourth-order valence-corrected chi connectivity index (χ4v) is 2.50. The molecule has 2 N–H and O–H groups in total. The van der Waals surface area contributed by atoms with Crippen LogP contribution in [0.15, 0.2) is 18.2 Å². The zero-order valence-corrected chi connectivity index (χ0v) is 11.1. The highest BCUT2D eigenvalue weighted by molar-refractivity contribution is 5.62. The van der Waals surface area contributed by atoms with Gasteiger partial charge in [-0.3, -0.25) is 0 Å². The minimum Gasteiger partial charge on any atom is -0.399 e. The number of nitrogens with zero attached hydrogens (tertiary/aromatic N) is 4. The molecule has 6 nitrogen and oxygen atoms in total. The van der Waals surface area contributed by atoms with Crippen LogP contribution in [0.3, 0.4) is 0 Å². The highest BCUT2D eigenvalue weighted by Crippen LogP contribution is 2.30. The maximum absolute atomic E-state index is 5.90. The molecular weight excluding hydrogens is 242 g/mol. The lowest BCUT2D eigenvalue weighted by molar-refractivity contribution is 0.155. The van der Waals surface area contributed by atoms with E-state index in [0.29, 0.717) is 6.61 Å². The van der Waals surface area contributed by atoms with E-state index in [1.807, 2.05) is 29.8 Å². The number of benzene rings is 1. The number of aromatic nitrogens is 4. The Morgan fingerprint density at radius 3 is 2.89 bits per heavy atom. The molecule has 1 atom stereocenters. The molecule has 0 saturated carbocycles. The molecule has 3 rings (SSSR count). The largest absolute Gasteiger partial charge is 0.399 e. The summed E-state index contributed by atoms with van der Waals surface area (Å²) in [5.74, 6) is 0.739. The molecule has 2 heterocycles. The van der Waals surface area contributed by atoms with Crippen molar-refractivity contribution in [3.63, 3.8) is 0 Å². The quantitative estimate of drug-likeness (QED) is 0.824. The summed E-state index contributed by atoms with van der Waals surface area (Å²) in [6.07, 6.45) is 0.909. The van der Waals surface area contributed by atoms with Crippen molar-refractivity contribution < 1.29 is 4.74 Å². The Labute approximate surface area is 111 Å². The van der Waals surface area contributed by atoms with Crippen LogP contribution in [0.25, 0.3) is 11.4 Å². The summed E-state index contributed by atoms with van der Waals surface area (Å²) >= 11 is 0. The van der Waals surface area contributed by atoms with Crippen LogP contribution >= 0.6 is 0 Å². The predicted octanol–water partition coefficient (Wildman–Crippen LogP) is 1.37. The second kappa shape index (κ2) is 4.31. The van der Waals surface area contributed by atoms with Crippen molar-refractivity contribution in [1.82, 2.24) is 20.2 Å². The first-order valence-electron chi connectivity index (χ1n) is 6.33. The van der Waals surface area contributed by atoms with Gasteiger partial charge in [0.15, 0.2) is 5.82 Å². The van der Waals surface area contributed by atoms with Crippen molar-refractivity contribution in [3.8, 4) is 11.4 Å². The fourth-order valence-electron chi connectivity index (χ4n) is 2.50. The van der Waals surface area contributed by atoms with Crippen LogP contribution in [-0.4, -0.2) is 33.4 Å². The van der Waals surface area contributed by atoms with Crippen LogP contribution < -0.4 is 5.73 Å².